The Balaban J connectivity index is 2.21. The van der Waals surface area contributed by atoms with Gasteiger partial charge in [0.1, 0.15) is 10.9 Å². The molecule has 2 aromatic heterocycles. The minimum atomic E-state index is -0.348. The highest BCUT2D eigenvalue weighted by molar-refractivity contribution is 7.18. The second kappa shape index (κ2) is 8.71. The topological polar surface area (TPSA) is 63.6 Å². The van der Waals surface area contributed by atoms with Crippen LogP contribution in [0.1, 0.15) is 16.6 Å². The number of rotatable bonds is 7. The number of hydrogen-bond donors (Lipinski definition) is 1. The average molecular weight is 404 g/mol. The van der Waals surface area contributed by atoms with Crippen molar-refractivity contribution in [3.05, 3.63) is 42.9 Å². The van der Waals surface area contributed by atoms with Gasteiger partial charge in [-0.3, -0.25) is 9.59 Å². The minimum absolute atomic E-state index is 0.198. The molecule has 0 bridgehead atoms. The first-order valence-corrected chi connectivity index (χ1v) is 9.17. The first-order chi connectivity index (χ1) is 11.8. The standard InChI is InChI=1S/C16H19Cl2N3O3S/c1-4-21-9-10(7-12(16(21)23)24-6-5-20(2)3)19-15(22)13-8-11(17)14(18)25-13/h7-9H,4-6H2,1-3H3,(H,19,22). The van der Waals surface area contributed by atoms with E-state index in [1.807, 2.05) is 25.9 Å². The van der Waals surface area contributed by atoms with Gasteiger partial charge in [0.2, 0.25) is 0 Å². The number of likely N-dealkylation sites (N-methyl/N-ethyl adjacent to an activating group) is 1. The zero-order valence-electron chi connectivity index (χ0n) is 14.1. The number of aromatic nitrogens is 1. The predicted octanol–water partition coefficient (Wildman–Crippen LogP) is 3.43. The van der Waals surface area contributed by atoms with Crippen molar-refractivity contribution in [1.29, 1.82) is 0 Å². The molecule has 9 heteroatoms. The Hall–Kier alpha value is -1.54. The van der Waals surface area contributed by atoms with Crippen molar-refractivity contribution >= 4 is 46.1 Å². The van der Waals surface area contributed by atoms with Crippen LogP contribution in [0.2, 0.25) is 9.36 Å². The summed E-state index contributed by atoms with van der Waals surface area (Å²) in [4.78, 5) is 27.0. The number of pyridine rings is 1. The Labute approximate surface area is 159 Å². The molecule has 0 aliphatic rings. The Bertz CT molecular complexity index is 798. The lowest BCUT2D eigenvalue weighted by Crippen LogP contribution is -2.25. The lowest BCUT2D eigenvalue weighted by atomic mass is 10.3. The summed E-state index contributed by atoms with van der Waals surface area (Å²) in [5, 5.41) is 3.08. The highest BCUT2D eigenvalue weighted by Crippen LogP contribution is 2.32. The van der Waals surface area contributed by atoms with Gasteiger partial charge >= 0.3 is 0 Å². The molecule has 0 aromatic carbocycles. The van der Waals surface area contributed by atoms with Gasteiger partial charge in [0.05, 0.1) is 15.6 Å². The van der Waals surface area contributed by atoms with Crippen LogP contribution in [0.3, 0.4) is 0 Å². The fraction of sp³-hybridized carbons (Fsp3) is 0.375. The van der Waals surface area contributed by atoms with Crippen LogP contribution in [0.15, 0.2) is 23.1 Å². The molecular formula is C16H19Cl2N3O3S. The van der Waals surface area contributed by atoms with Crippen molar-refractivity contribution in [2.75, 3.05) is 32.6 Å². The summed E-state index contributed by atoms with van der Waals surface area (Å²) in [7, 11) is 3.84. The largest absolute Gasteiger partial charge is 0.486 e. The molecule has 0 saturated heterocycles. The zero-order chi connectivity index (χ0) is 18.6. The molecule has 2 aromatic rings. The van der Waals surface area contributed by atoms with Crippen LogP contribution in [0.4, 0.5) is 5.69 Å². The average Bonchev–Trinajstić information content (AvgIpc) is 2.89. The molecule has 0 spiro atoms. The summed E-state index contributed by atoms with van der Waals surface area (Å²) >= 11 is 12.9. The van der Waals surface area contributed by atoms with E-state index in [0.717, 1.165) is 11.3 Å². The van der Waals surface area contributed by atoms with E-state index in [0.29, 0.717) is 39.6 Å². The van der Waals surface area contributed by atoms with Crippen molar-refractivity contribution in [3.8, 4) is 5.75 Å². The molecule has 1 amide bonds. The lowest BCUT2D eigenvalue weighted by molar-refractivity contribution is 0.103. The maximum Gasteiger partial charge on any atom is 0.292 e. The molecule has 25 heavy (non-hydrogen) atoms. The van der Waals surface area contributed by atoms with Gasteiger partial charge in [-0.15, -0.1) is 11.3 Å². The van der Waals surface area contributed by atoms with Crippen LogP contribution in [0.5, 0.6) is 5.75 Å². The Morgan fingerprint density at radius 2 is 2.08 bits per heavy atom. The third-order valence-corrected chi connectivity index (χ3v) is 5.18. The number of carbonyl (C=O) groups is 1. The molecule has 2 heterocycles. The molecule has 6 nitrogen and oxygen atoms in total. The predicted molar refractivity (Wildman–Crippen MR) is 103 cm³/mol. The Morgan fingerprint density at radius 3 is 2.64 bits per heavy atom. The molecule has 0 radical (unpaired) electrons. The number of nitrogens with zero attached hydrogens (tertiary/aromatic N) is 2. The van der Waals surface area contributed by atoms with E-state index in [1.54, 1.807) is 6.20 Å². The Kier molecular flexibility index (Phi) is 6.89. The first-order valence-electron chi connectivity index (χ1n) is 7.60. The van der Waals surface area contributed by atoms with E-state index in [9.17, 15) is 9.59 Å². The molecular weight excluding hydrogens is 385 g/mol. The summed E-state index contributed by atoms with van der Waals surface area (Å²) in [5.41, 5.74) is 0.230. The number of ether oxygens (including phenoxy) is 1. The van der Waals surface area contributed by atoms with Gasteiger partial charge in [0.15, 0.2) is 5.75 Å². The third-order valence-electron chi connectivity index (χ3n) is 3.32. The number of carbonyl (C=O) groups excluding carboxylic acids is 1. The molecule has 0 fully saturated rings. The fourth-order valence-electron chi connectivity index (χ4n) is 2.00. The van der Waals surface area contributed by atoms with Crippen LogP contribution in [0.25, 0.3) is 0 Å². The van der Waals surface area contributed by atoms with Crippen LogP contribution in [-0.2, 0) is 6.54 Å². The number of nitrogens with one attached hydrogen (secondary N) is 1. The Morgan fingerprint density at radius 1 is 1.36 bits per heavy atom. The number of amides is 1. The molecule has 0 unspecified atom stereocenters. The number of anilines is 1. The number of hydrogen-bond acceptors (Lipinski definition) is 5. The second-order valence-corrected chi connectivity index (χ2v) is 7.58. The summed E-state index contributed by atoms with van der Waals surface area (Å²) in [5.74, 6) is -0.150. The molecule has 1 N–H and O–H groups in total. The van der Waals surface area contributed by atoms with Gasteiger partial charge < -0.3 is 19.5 Å². The van der Waals surface area contributed by atoms with Gasteiger partial charge in [0, 0.05) is 25.4 Å². The second-order valence-electron chi connectivity index (χ2n) is 5.52. The highest BCUT2D eigenvalue weighted by atomic mass is 35.5. The van der Waals surface area contributed by atoms with Crippen molar-refractivity contribution in [3.63, 3.8) is 0 Å². The summed E-state index contributed by atoms with van der Waals surface area (Å²) in [6.45, 7) is 3.35. The van der Waals surface area contributed by atoms with Gasteiger partial charge in [-0.1, -0.05) is 23.2 Å². The third kappa shape index (κ3) is 5.22. The van der Waals surface area contributed by atoms with E-state index in [1.165, 1.54) is 16.7 Å². The number of thiophene rings is 1. The van der Waals surface area contributed by atoms with Crippen LogP contribution in [0, 0.1) is 0 Å². The van der Waals surface area contributed by atoms with Crippen molar-refractivity contribution in [2.24, 2.45) is 0 Å². The molecule has 0 saturated carbocycles. The molecule has 0 atom stereocenters. The number of aryl methyl sites for hydroxylation is 1. The maximum atomic E-state index is 12.3. The van der Waals surface area contributed by atoms with Crippen LogP contribution < -0.4 is 15.6 Å². The fourth-order valence-corrected chi connectivity index (χ4v) is 3.27. The molecule has 136 valence electrons. The molecule has 0 aliphatic heterocycles. The maximum absolute atomic E-state index is 12.3. The van der Waals surface area contributed by atoms with Gasteiger partial charge in [-0.25, -0.2) is 0 Å². The smallest absolute Gasteiger partial charge is 0.292 e. The van der Waals surface area contributed by atoms with Gasteiger partial charge in [-0.2, -0.15) is 0 Å². The molecule has 2 rings (SSSR count). The zero-order valence-corrected chi connectivity index (χ0v) is 16.5. The van der Waals surface area contributed by atoms with Gasteiger partial charge in [0.25, 0.3) is 11.5 Å². The van der Waals surface area contributed by atoms with Gasteiger partial charge in [-0.05, 0) is 27.1 Å². The van der Waals surface area contributed by atoms with E-state index in [2.05, 4.69) is 5.32 Å². The van der Waals surface area contributed by atoms with E-state index in [-0.39, 0.29) is 17.2 Å². The monoisotopic (exact) mass is 403 g/mol. The summed E-state index contributed by atoms with van der Waals surface area (Å²) in [6.07, 6.45) is 1.58. The normalized spacial score (nSPS) is 11.0. The van der Waals surface area contributed by atoms with E-state index < -0.39 is 0 Å². The quantitative estimate of drug-likeness (QED) is 0.768. The van der Waals surface area contributed by atoms with Crippen molar-refractivity contribution in [2.45, 2.75) is 13.5 Å². The summed E-state index contributed by atoms with van der Waals surface area (Å²) < 4.78 is 7.42. The van der Waals surface area contributed by atoms with Crippen molar-refractivity contribution < 1.29 is 9.53 Å². The van der Waals surface area contributed by atoms with Crippen LogP contribution in [-0.4, -0.2) is 42.6 Å². The minimum Gasteiger partial charge on any atom is -0.486 e. The van der Waals surface area contributed by atoms with E-state index >= 15 is 0 Å². The first kappa shape index (κ1) is 19.8. The highest BCUT2D eigenvalue weighted by Gasteiger charge is 2.15. The lowest BCUT2D eigenvalue weighted by Gasteiger charge is -2.14. The van der Waals surface area contributed by atoms with E-state index in [4.69, 9.17) is 27.9 Å². The number of halogens is 2. The summed E-state index contributed by atoms with van der Waals surface area (Å²) in [6, 6.07) is 3.03. The SMILES string of the molecule is CCn1cc(NC(=O)c2cc(Cl)c(Cl)s2)cc(OCCN(C)C)c1=O. The van der Waals surface area contributed by atoms with Crippen LogP contribution >= 0.6 is 34.5 Å². The molecule has 0 aliphatic carbocycles. The van der Waals surface area contributed by atoms with Crippen molar-refractivity contribution in [1.82, 2.24) is 9.47 Å².